The Labute approximate surface area is 116 Å². The molecule has 0 bridgehead atoms. The van der Waals surface area contributed by atoms with Crippen molar-refractivity contribution in [3.05, 3.63) is 64.4 Å². The van der Waals surface area contributed by atoms with Crippen LogP contribution in [-0.2, 0) is 0 Å². The van der Waals surface area contributed by atoms with Crippen molar-refractivity contribution in [2.75, 3.05) is 5.32 Å². The van der Waals surface area contributed by atoms with Gasteiger partial charge in [-0.1, -0.05) is 23.7 Å². The maximum atomic E-state index is 13.2. The molecule has 0 radical (unpaired) electrons. The smallest absolute Gasteiger partial charge is 0.140 e. The number of benzene rings is 2. The van der Waals surface area contributed by atoms with Crippen LogP contribution in [0.3, 0.4) is 0 Å². The largest absolute Gasteiger partial charge is 0.366 e. The van der Waals surface area contributed by atoms with E-state index < -0.39 is 6.04 Å². The Hall–Kier alpha value is -2.05. The third-order valence-corrected chi connectivity index (χ3v) is 3.05. The Kier molecular flexibility index (Phi) is 4.03. The number of hydrogen-bond acceptors (Lipinski definition) is 2. The summed E-state index contributed by atoms with van der Waals surface area (Å²) in [5.74, 6) is -0.271. The number of nitrogens with one attached hydrogen (secondary N) is 1. The number of rotatable bonds is 3. The van der Waals surface area contributed by atoms with Crippen LogP contribution >= 0.6 is 11.6 Å². The molecule has 0 amide bonds. The van der Waals surface area contributed by atoms with Crippen molar-refractivity contribution in [1.29, 1.82) is 5.26 Å². The van der Waals surface area contributed by atoms with Gasteiger partial charge in [-0.2, -0.15) is 5.26 Å². The topological polar surface area (TPSA) is 35.8 Å². The molecular formula is C15H12ClFN2. The van der Waals surface area contributed by atoms with Gasteiger partial charge in [0.25, 0.3) is 0 Å². The second-order valence-electron chi connectivity index (χ2n) is 4.22. The normalized spacial score (nSPS) is 11.7. The van der Waals surface area contributed by atoms with Crippen LogP contribution in [0.4, 0.5) is 10.1 Å². The van der Waals surface area contributed by atoms with Crippen LogP contribution in [0.5, 0.6) is 0 Å². The highest BCUT2D eigenvalue weighted by molar-refractivity contribution is 6.30. The number of nitrogens with zero attached hydrogens (tertiary/aromatic N) is 1. The van der Waals surface area contributed by atoms with Gasteiger partial charge in [0.15, 0.2) is 0 Å². The fraction of sp³-hybridized carbons (Fsp3) is 0.133. The Morgan fingerprint density at radius 1 is 1.21 bits per heavy atom. The standard InChI is InChI=1S/C15H12ClFN2/c1-10-8-11(2-7-14(10)17)15(9-18)19-13-5-3-12(16)4-6-13/h2-8,15,19H,1H3. The minimum atomic E-state index is -0.527. The van der Waals surface area contributed by atoms with Crippen molar-refractivity contribution < 1.29 is 4.39 Å². The van der Waals surface area contributed by atoms with Gasteiger partial charge < -0.3 is 5.32 Å². The van der Waals surface area contributed by atoms with Gasteiger partial charge in [-0.05, 0) is 48.4 Å². The lowest BCUT2D eigenvalue weighted by Gasteiger charge is -2.14. The first kappa shape index (κ1) is 13.4. The molecule has 0 saturated carbocycles. The molecule has 1 unspecified atom stereocenters. The molecular weight excluding hydrogens is 263 g/mol. The molecule has 0 fully saturated rings. The third kappa shape index (κ3) is 3.24. The molecule has 1 N–H and O–H groups in total. The van der Waals surface area contributed by atoms with Crippen molar-refractivity contribution in [2.24, 2.45) is 0 Å². The highest BCUT2D eigenvalue weighted by Crippen LogP contribution is 2.22. The zero-order chi connectivity index (χ0) is 13.8. The first-order valence-electron chi connectivity index (χ1n) is 5.78. The predicted molar refractivity (Wildman–Crippen MR) is 74.6 cm³/mol. The van der Waals surface area contributed by atoms with Gasteiger partial charge in [-0.15, -0.1) is 0 Å². The summed E-state index contributed by atoms with van der Waals surface area (Å²) in [6.07, 6.45) is 0. The summed E-state index contributed by atoms with van der Waals surface area (Å²) in [6, 6.07) is 13.4. The second-order valence-corrected chi connectivity index (χ2v) is 4.66. The Balaban J connectivity index is 2.23. The van der Waals surface area contributed by atoms with Crippen molar-refractivity contribution in [3.8, 4) is 6.07 Å². The number of hydrogen-bond donors (Lipinski definition) is 1. The molecule has 0 aliphatic heterocycles. The molecule has 0 heterocycles. The Morgan fingerprint density at radius 3 is 2.47 bits per heavy atom. The van der Waals surface area contributed by atoms with Gasteiger partial charge in [0.2, 0.25) is 0 Å². The molecule has 1 atom stereocenters. The van der Waals surface area contributed by atoms with Gasteiger partial charge in [0.1, 0.15) is 11.9 Å². The minimum absolute atomic E-state index is 0.271. The number of anilines is 1. The number of nitriles is 1. The van der Waals surface area contributed by atoms with Crippen LogP contribution in [0.15, 0.2) is 42.5 Å². The molecule has 2 aromatic rings. The fourth-order valence-electron chi connectivity index (χ4n) is 1.75. The van der Waals surface area contributed by atoms with Gasteiger partial charge in [-0.25, -0.2) is 4.39 Å². The van der Waals surface area contributed by atoms with Crippen LogP contribution < -0.4 is 5.32 Å². The summed E-state index contributed by atoms with van der Waals surface area (Å²) in [4.78, 5) is 0. The van der Waals surface area contributed by atoms with E-state index in [2.05, 4.69) is 11.4 Å². The molecule has 0 aliphatic rings. The van der Waals surface area contributed by atoms with E-state index in [-0.39, 0.29) is 5.82 Å². The van der Waals surface area contributed by atoms with Gasteiger partial charge in [0.05, 0.1) is 6.07 Å². The summed E-state index contributed by atoms with van der Waals surface area (Å²) in [5, 5.41) is 12.9. The highest BCUT2D eigenvalue weighted by atomic mass is 35.5. The van der Waals surface area contributed by atoms with E-state index in [0.29, 0.717) is 10.6 Å². The maximum Gasteiger partial charge on any atom is 0.140 e. The predicted octanol–water partition coefficient (Wildman–Crippen LogP) is 4.46. The van der Waals surface area contributed by atoms with Crippen molar-refractivity contribution in [2.45, 2.75) is 13.0 Å². The second kappa shape index (κ2) is 5.73. The zero-order valence-corrected chi connectivity index (χ0v) is 11.1. The average Bonchev–Trinajstić information content (AvgIpc) is 2.41. The van der Waals surface area contributed by atoms with Crippen LogP contribution in [0.2, 0.25) is 5.02 Å². The number of aryl methyl sites for hydroxylation is 1. The van der Waals surface area contributed by atoms with E-state index in [0.717, 1.165) is 11.3 Å². The first-order chi connectivity index (χ1) is 9.10. The Bertz CT molecular complexity index is 617. The number of halogens is 2. The van der Waals surface area contributed by atoms with E-state index >= 15 is 0 Å². The lowest BCUT2D eigenvalue weighted by molar-refractivity contribution is 0.617. The van der Waals surface area contributed by atoms with E-state index in [4.69, 9.17) is 11.6 Å². The van der Waals surface area contributed by atoms with Crippen molar-refractivity contribution >= 4 is 17.3 Å². The molecule has 0 spiro atoms. The molecule has 96 valence electrons. The SMILES string of the molecule is Cc1cc(C(C#N)Nc2ccc(Cl)cc2)ccc1F. The minimum Gasteiger partial charge on any atom is -0.366 e. The van der Waals surface area contributed by atoms with E-state index in [1.165, 1.54) is 6.07 Å². The van der Waals surface area contributed by atoms with Crippen molar-refractivity contribution in [3.63, 3.8) is 0 Å². The molecule has 0 saturated heterocycles. The highest BCUT2D eigenvalue weighted by Gasteiger charge is 2.11. The van der Waals surface area contributed by atoms with E-state index in [9.17, 15) is 9.65 Å². The summed E-state index contributed by atoms with van der Waals surface area (Å²) < 4.78 is 13.2. The maximum absolute atomic E-state index is 13.2. The summed E-state index contributed by atoms with van der Waals surface area (Å²) >= 11 is 5.80. The first-order valence-corrected chi connectivity index (χ1v) is 6.15. The molecule has 2 nitrogen and oxygen atoms in total. The molecule has 19 heavy (non-hydrogen) atoms. The van der Waals surface area contributed by atoms with Crippen LogP contribution in [-0.4, -0.2) is 0 Å². The third-order valence-electron chi connectivity index (χ3n) is 2.80. The molecule has 0 aliphatic carbocycles. The van der Waals surface area contributed by atoms with Crippen LogP contribution in [0, 0.1) is 24.1 Å². The zero-order valence-electron chi connectivity index (χ0n) is 10.3. The lowest BCUT2D eigenvalue weighted by Crippen LogP contribution is -2.08. The van der Waals surface area contributed by atoms with Crippen molar-refractivity contribution in [1.82, 2.24) is 0 Å². The lowest BCUT2D eigenvalue weighted by atomic mass is 10.0. The van der Waals surface area contributed by atoms with Gasteiger partial charge in [-0.3, -0.25) is 0 Å². The fourth-order valence-corrected chi connectivity index (χ4v) is 1.88. The van der Waals surface area contributed by atoms with E-state index in [1.54, 1.807) is 43.3 Å². The summed E-state index contributed by atoms with van der Waals surface area (Å²) in [5.41, 5.74) is 2.05. The molecule has 0 aromatic heterocycles. The average molecular weight is 275 g/mol. The van der Waals surface area contributed by atoms with Gasteiger partial charge in [0, 0.05) is 10.7 Å². The molecule has 2 rings (SSSR count). The molecule has 4 heteroatoms. The summed E-state index contributed by atoms with van der Waals surface area (Å²) in [7, 11) is 0. The molecule has 2 aromatic carbocycles. The Morgan fingerprint density at radius 2 is 1.89 bits per heavy atom. The van der Waals surface area contributed by atoms with Crippen LogP contribution in [0.25, 0.3) is 0 Å². The van der Waals surface area contributed by atoms with Gasteiger partial charge >= 0.3 is 0 Å². The van der Waals surface area contributed by atoms with E-state index in [1.807, 2.05) is 0 Å². The quantitative estimate of drug-likeness (QED) is 0.897. The summed E-state index contributed by atoms with van der Waals surface area (Å²) in [6.45, 7) is 1.68. The monoisotopic (exact) mass is 274 g/mol. The van der Waals surface area contributed by atoms with Crippen LogP contribution in [0.1, 0.15) is 17.2 Å².